The van der Waals surface area contributed by atoms with Crippen molar-refractivity contribution in [3.8, 4) is 0 Å². The lowest BCUT2D eigenvalue weighted by molar-refractivity contribution is -0.137. The van der Waals surface area contributed by atoms with E-state index in [0.29, 0.717) is 25.7 Å². The normalized spacial score (nSPS) is 17.4. The van der Waals surface area contributed by atoms with Crippen LogP contribution in [0.15, 0.2) is 11.3 Å². The molecular weight excluding hydrogens is 296 g/mol. The molecule has 1 fully saturated rings. The monoisotopic (exact) mass is 324 g/mol. The molecule has 2 N–H and O–H groups in total. The van der Waals surface area contributed by atoms with Gasteiger partial charge in [0.15, 0.2) is 11.6 Å². The van der Waals surface area contributed by atoms with Crippen LogP contribution in [0, 0.1) is 5.41 Å². The van der Waals surface area contributed by atoms with E-state index in [4.69, 9.17) is 5.11 Å². The SMILES string of the molecule is CC1(C)CC(=O)C(=C(O)CCCCCCCCC(=O)O)C(=O)C1. The molecular formula is C18H28O5. The number of Topliss-reactive ketones (excluding diaryl/α,β-unsaturated/α-hetero) is 2. The Labute approximate surface area is 137 Å². The summed E-state index contributed by atoms with van der Waals surface area (Å²) in [5.41, 5.74) is -0.292. The molecule has 1 aliphatic carbocycles. The molecule has 0 aromatic carbocycles. The predicted molar refractivity (Wildman–Crippen MR) is 87.3 cm³/mol. The van der Waals surface area contributed by atoms with Crippen LogP contribution < -0.4 is 0 Å². The van der Waals surface area contributed by atoms with Crippen molar-refractivity contribution in [2.24, 2.45) is 5.41 Å². The minimum Gasteiger partial charge on any atom is -0.511 e. The number of aliphatic hydroxyl groups excluding tert-OH is 1. The van der Waals surface area contributed by atoms with Crippen molar-refractivity contribution < 1.29 is 24.6 Å². The summed E-state index contributed by atoms with van der Waals surface area (Å²) in [5, 5.41) is 18.6. The number of rotatable bonds is 9. The van der Waals surface area contributed by atoms with Gasteiger partial charge in [-0.05, 0) is 18.3 Å². The molecule has 130 valence electrons. The second-order valence-electron chi connectivity index (χ2n) is 7.20. The van der Waals surface area contributed by atoms with Crippen molar-refractivity contribution in [2.45, 2.75) is 78.1 Å². The van der Waals surface area contributed by atoms with Gasteiger partial charge in [0.1, 0.15) is 5.76 Å². The zero-order chi connectivity index (χ0) is 17.5. The third kappa shape index (κ3) is 6.97. The van der Waals surface area contributed by atoms with Crippen LogP contribution in [0.4, 0.5) is 0 Å². The zero-order valence-corrected chi connectivity index (χ0v) is 14.2. The van der Waals surface area contributed by atoms with E-state index in [1.165, 1.54) is 0 Å². The third-order valence-electron chi connectivity index (χ3n) is 4.18. The number of carboxylic acids is 1. The third-order valence-corrected chi connectivity index (χ3v) is 4.18. The lowest BCUT2D eigenvalue weighted by Crippen LogP contribution is -2.32. The van der Waals surface area contributed by atoms with Gasteiger partial charge in [-0.2, -0.15) is 0 Å². The Kier molecular flexibility index (Phi) is 7.46. The minimum atomic E-state index is -0.758. The molecule has 23 heavy (non-hydrogen) atoms. The Morgan fingerprint density at radius 2 is 1.30 bits per heavy atom. The van der Waals surface area contributed by atoms with Gasteiger partial charge in [-0.25, -0.2) is 0 Å². The maximum atomic E-state index is 12.0. The molecule has 5 heteroatoms. The van der Waals surface area contributed by atoms with Gasteiger partial charge in [0.2, 0.25) is 0 Å². The average Bonchev–Trinajstić information content (AvgIpc) is 2.39. The number of unbranched alkanes of at least 4 members (excludes halogenated alkanes) is 5. The molecule has 0 radical (unpaired) electrons. The summed E-state index contributed by atoms with van der Waals surface area (Å²) < 4.78 is 0. The van der Waals surface area contributed by atoms with Gasteiger partial charge in [-0.15, -0.1) is 0 Å². The first-order valence-electron chi connectivity index (χ1n) is 8.43. The Balaban J connectivity index is 2.30. The van der Waals surface area contributed by atoms with E-state index in [1.54, 1.807) is 0 Å². The van der Waals surface area contributed by atoms with Crippen LogP contribution in [-0.2, 0) is 14.4 Å². The number of aliphatic carboxylic acids is 1. The maximum absolute atomic E-state index is 12.0. The average molecular weight is 324 g/mol. The summed E-state index contributed by atoms with van der Waals surface area (Å²) in [6.07, 6.45) is 6.36. The van der Waals surface area contributed by atoms with E-state index in [-0.39, 0.29) is 34.7 Å². The lowest BCUT2D eigenvalue weighted by atomic mass is 9.73. The number of hydrogen-bond donors (Lipinski definition) is 2. The topological polar surface area (TPSA) is 91.7 Å². The van der Waals surface area contributed by atoms with E-state index in [1.807, 2.05) is 13.8 Å². The van der Waals surface area contributed by atoms with E-state index in [0.717, 1.165) is 32.1 Å². The van der Waals surface area contributed by atoms with Crippen LogP contribution in [0.2, 0.25) is 0 Å². The predicted octanol–water partition coefficient (Wildman–Crippen LogP) is 3.96. The van der Waals surface area contributed by atoms with Crippen molar-refractivity contribution in [3.63, 3.8) is 0 Å². The van der Waals surface area contributed by atoms with Gasteiger partial charge >= 0.3 is 5.97 Å². The molecule has 0 aliphatic heterocycles. The van der Waals surface area contributed by atoms with Crippen LogP contribution in [0.5, 0.6) is 0 Å². The molecule has 0 unspecified atom stereocenters. The van der Waals surface area contributed by atoms with Crippen LogP contribution in [0.25, 0.3) is 0 Å². The van der Waals surface area contributed by atoms with Gasteiger partial charge < -0.3 is 10.2 Å². The number of allylic oxidation sites excluding steroid dienone is 2. The minimum absolute atomic E-state index is 0.0192. The maximum Gasteiger partial charge on any atom is 0.303 e. The highest BCUT2D eigenvalue weighted by molar-refractivity contribution is 6.22. The van der Waals surface area contributed by atoms with Gasteiger partial charge in [0, 0.05) is 25.7 Å². The highest BCUT2D eigenvalue weighted by Gasteiger charge is 2.37. The Bertz CT molecular complexity index is 466. The van der Waals surface area contributed by atoms with Crippen molar-refractivity contribution in [2.75, 3.05) is 0 Å². The first-order valence-corrected chi connectivity index (χ1v) is 8.43. The molecule has 5 nitrogen and oxygen atoms in total. The zero-order valence-electron chi connectivity index (χ0n) is 14.2. The molecule has 0 bridgehead atoms. The number of carbonyl (C=O) groups excluding carboxylic acids is 2. The number of ketones is 2. The largest absolute Gasteiger partial charge is 0.511 e. The summed E-state index contributed by atoms with van der Waals surface area (Å²) in [7, 11) is 0. The molecule has 0 atom stereocenters. The second kappa shape index (κ2) is 8.85. The fraction of sp³-hybridized carbons (Fsp3) is 0.722. The molecule has 0 amide bonds. The smallest absolute Gasteiger partial charge is 0.303 e. The first-order chi connectivity index (χ1) is 10.7. The van der Waals surface area contributed by atoms with Crippen molar-refractivity contribution in [1.29, 1.82) is 0 Å². The lowest BCUT2D eigenvalue weighted by Gasteiger charge is -2.28. The molecule has 1 aliphatic rings. The van der Waals surface area contributed by atoms with Gasteiger partial charge in [-0.3, -0.25) is 14.4 Å². The number of carbonyl (C=O) groups is 3. The molecule has 0 heterocycles. The highest BCUT2D eigenvalue weighted by atomic mass is 16.4. The molecule has 0 aromatic rings. The fourth-order valence-corrected chi connectivity index (χ4v) is 2.99. The van der Waals surface area contributed by atoms with E-state index < -0.39 is 5.97 Å². The van der Waals surface area contributed by atoms with Gasteiger partial charge in [-0.1, -0.05) is 39.5 Å². The van der Waals surface area contributed by atoms with Crippen molar-refractivity contribution >= 4 is 17.5 Å². The van der Waals surface area contributed by atoms with E-state index in [9.17, 15) is 19.5 Å². The molecule has 1 saturated carbocycles. The van der Waals surface area contributed by atoms with E-state index in [2.05, 4.69) is 0 Å². The molecule has 1 rings (SSSR count). The summed E-state index contributed by atoms with van der Waals surface area (Å²) in [5.74, 6) is -1.29. The summed E-state index contributed by atoms with van der Waals surface area (Å²) in [6, 6.07) is 0. The number of hydrogen-bond acceptors (Lipinski definition) is 4. The van der Waals surface area contributed by atoms with Crippen molar-refractivity contribution in [3.05, 3.63) is 11.3 Å². The van der Waals surface area contributed by atoms with Crippen LogP contribution in [-0.4, -0.2) is 27.7 Å². The van der Waals surface area contributed by atoms with Crippen LogP contribution in [0.1, 0.15) is 78.1 Å². The second-order valence-corrected chi connectivity index (χ2v) is 7.20. The number of aliphatic hydroxyl groups is 1. The number of carboxylic acid groups (broad SMARTS) is 1. The molecule has 0 saturated heterocycles. The van der Waals surface area contributed by atoms with Crippen LogP contribution >= 0.6 is 0 Å². The Morgan fingerprint density at radius 1 is 0.870 bits per heavy atom. The van der Waals surface area contributed by atoms with Crippen LogP contribution in [0.3, 0.4) is 0 Å². The summed E-state index contributed by atoms with van der Waals surface area (Å²) in [6.45, 7) is 3.78. The standard InChI is InChI=1S/C18H28O5/c1-18(2)11-14(20)17(15(21)12-18)13(19)9-7-5-3-4-6-8-10-16(22)23/h19H,3-12H2,1-2H3,(H,22,23). The van der Waals surface area contributed by atoms with Gasteiger partial charge in [0.05, 0.1) is 5.57 Å². The van der Waals surface area contributed by atoms with Gasteiger partial charge in [0.25, 0.3) is 0 Å². The Hall–Kier alpha value is -1.65. The first kappa shape index (κ1) is 19.4. The molecule has 0 aromatic heterocycles. The summed E-state index contributed by atoms with van der Waals surface area (Å²) in [4.78, 5) is 34.4. The Morgan fingerprint density at radius 3 is 1.78 bits per heavy atom. The quantitative estimate of drug-likeness (QED) is 0.290. The highest BCUT2D eigenvalue weighted by Crippen LogP contribution is 2.34. The van der Waals surface area contributed by atoms with Crippen molar-refractivity contribution in [1.82, 2.24) is 0 Å². The summed E-state index contributed by atoms with van der Waals surface area (Å²) >= 11 is 0. The fourth-order valence-electron chi connectivity index (χ4n) is 2.99. The molecule has 0 spiro atoms. The van der Waals surface area contributed by atoms with E-state index >= 15 is 0 Å².